The van der Waals surface area contributed by atoms with Gasteiger partial charge >= 0.3 is 0 Å². The summed E-state index contributed by atoms with van der Waals surface area (Å²) in [4.78, 5) is 48.9. The van der Waals surface area contributed by atoms with E-state index in [1.165, 1.54) is 11.8 Å². The zero-order valence-corrected chi connectivity index (χ0v) is 19.7. The Morgan fingerprint density at radius 2 is 1.66 bits per heavy atom. The van der Waals surface area contributed by atoms with Crippen molar-refractivity contribution in [3.05, 3.63) is 35.9 Å². The van der Waals surface area contributed by atoms with Gasteiger partial charge in [-0.3, -0.25) is 19.2 Å². The molecule has 10 heteroatoms. The van der Waals surface area contributed by atoms with Crippen molar-refractivity contribution in [1.29, 1.82) is 0 Å². The van der Waals surface area contributed by atoms with E-state index in [0.29, 0.717) is 25.0 Å². The monoisotopic (exact) mass is 465 g/mol. The molecule has 0 heterocycles. The number of carbonyl (C=O) groups is 4. The first kappa shape index (κ1) is 27.4. The lowest BCUT2D eigenvalue weighted by Crippen LogP contribution is -2.55. The minimum atomic E-state index is -0.853. The third-order valence-electron chi connectivity index (χ3n) is 4.69. The van der Waals surface area contributed by atoms with E-state index >= 15 is 0 Å². The molecule has 0 bridgehead atoms. The van der Waals surface area contributed by atoms with Crippen LogP contribution >= 0.6 is 11.8 Å². The highest BCUT2D eigenvalue weighted by Gasteiger charge is 2.26. The molecular weight excluding hydrogens is 430 g/mol. The molecule has 32 heavy (non-hydrogen) atoms. The summed E-state index contributed by atoms with van der Waals surface area (Å²) < 4.78 is 0. The minimum Gasteiger partial charge on any atom is -0.368 e. The fraction of sp³-hybridized carbons (Fsp3) is 0.545. The van der Waals surface area contributed by atoms with E-state index < -0.39 is 41.8 Å². The van der Waals surface area contributed by atoms with Crippen molar-refractivity contribution in [3.8, 4) is 0 Å². The molecule has 3 unspecified atom stereocenters. The number of hydrogen-bond acceptors (Lipinski definition) is 6. The van der Waals surface area contributed by atoms with Gasteiger partial charge in [-0.05, 0) is 42.8 Å². The Balaban J connectivity index is 2.62. The SMILES string of the molecule is CSCCC(NC(=O)C(CC(C)C)NC(=O)CNC(=O)C(N)Cc1ccccc1)C(N)=O. The third-order valence-corrected chi connectivity index (χ3v) is 5.33. The summed E-state index contributed by atoms with van der Waals surface area (Å²) in [6.07, 6.45) is 3.01. The Morgan fingerprint density at radius 3 is 2.22 bits per heavy atom. The number of thioether (sulfide) groups is 1. The number of benzene rings is 1. The van der Waals surface area contributed by atoms with Gasteiger partial charge in [0, 0.05) is 0 Å². The highest BCUT2D eigenvalue weighted by molar-refractivity contribution is 7.98. The van der Waals surface area contributed by atoms with Gasteiger partial charge < -0.3 is 27.4 Å². The lowest BCUT2D eigenvalue weighted by molar-refractivity contribution is -0.132. The molecule has 3 atom stereocenters. The van der Waals surface area contributed by atoms with Crippen LogP contribution in [0, 0.1) is 5.92 Å². The molecule has 0 spiro atoms. The first-order valence-electron chi connectivity index (χ1n) is 10.6. The van der Waals surface area contributed by atoms with E-state index in [9.17, 15) is 19.2 Å². The molecule has 0 saturated carbocycles. The van der Waals surface area contributed by atoms with Crippen LogP contribution in [0.1, 0.15) is 32.3 Å². The van der Waals surface area contributed by atoms with Crippen molar-refractivity contribution in [2.45, 2.75) is 51.2 Å². The quantitative estimate of drug-likeness (QED) is 0.259. The number of nitrogens with one attached hydrogen (secondary N) is 3. The van der Waals surface area contributed by atoms with Gasteiger partial charge in [0.25, 0.3) is 0 Å². The van der Waals surface area contributed by atoms with Crippen LogP contribution in [0.4, 0.5) is 0 Å². The fourth-order valence-electron chi connectivity index (χ4n) is 3.00. The number of hydrogen-bond donors (Lipinski definition) is 5. The Morgan fingerprint density at radius 1 is 1.00 bits per heavy atom. The van der Waals surface area contributed by atoms with Crippen LogP contribution in [0.2, 0.25) is 0 Å². The molecule has 1 rings (SSSR count). The number of amides is 4. The summed E-state index contributed by atoms with van der Waals surface area (Å²) in [5, 5.41) is 7.75. The Hall–Kier alpha value is -2.59. The molecule has 0 aliphatic rings. The molecule has 1 aromatic rings. The van der Waals surface area contributed by atoms with Crippen LogP contribution < -0.4 is 27.4 Å². The summed E-state index contributed by atoms with van der Waals surface area (Å²) in [7, 11) is 0. The van der Waals surface area contributed by atoms with Crippen molar-refractivity contribution >= 4 is 35.4 Å². The first-order valence-corrected chi connectivity index (χ1v) is 12.0. The van der Waals surface area contributed by atoms with Crippen LogP contribution in [-0.2, 0) is 25.6 Å². The summed E-state index contributed by atoms with van der Waals surface area (Å²) in [6, 6.07) is 6.87. The number of rotatable bonds is 14. The van der Waals surface area contributed by atoms with Crippen LogP contribution in [0.3, 0.4) is 0 Å². The van der Waals surface area contributed by atoms with E-state index in [2.05, 4.69) is 16.0 Å². The van der Waals surface area contributed by atoms with Gasteiger partial charge in [-0.25, -0.2) is 0 Å². The van der Waals surface area contributed by atoms with Gasteiger partial charge in [-0.15, -0.1) is 0 Å². The average molecular weight is 466 g/mol. The van der Waals surface area contributed by atoms with E-state index in [-0.39, 0.29) is 12.5 Å². The van der Waals surface area contributed by atoms with Gasteiger partial charge in [0.05, 0.1) is 12.6 Å². The summed E-state index contributed by atoms with van der Waals surface area (Å²) in [6.45, 7) is 3.52. The molecular formula is C22H35N5O4S. The fourth-order valence-corrected chi connectivity index (χ4v) is 3.47. The molecule has 0 aromatic heterocycles. The maximum atomic E-state index is 12.7. The molecule has 0 aliphatic carbocycles. The second kappa shape index (κ2) is 14.5. The normalized spacial score (nSPS) is 13.7. The van der Waals surface area contributed by atoms with Crippen molar-refractivity contribution in [3.63, 3.8) is 0 Å². The van der Waals surface area contributed by atoms with Crippen LogP contribution in [-0.4, -0.2) is 60.3 Å². The highest BCUT2D eigenvalue weighted by atomic mass is 32.2. The van der Waals surface area contributed by atoms with Gasteiger partial charge in [0.15, 0.2) is 0 Å². The molecule has 178 valence electrons. The smallest absolute Gasteiger partial charge is 0.243 e. The number of primary amides is 1. The molecule has 9 nitrogen and oxygen atoms in total. The summed E-state index contributed by atoms with van der Waals surface area (Å²) >= 11 is 1.54. The molecule has 1 aromatic carbocycles. The molecule has 0 aliphatic heterocycles. The standard InChI is InChI=1S/C22H35N5O4S/c1-14(2)11-18(22(31)27-17(20(24)29)9-10-32-3)26-19(28)13-25-21(30)16(23)12-15-7-5-4-6-8-15/h4-8,14,16-18H,9-13,23H2,1-3H3,(H2,24,29)(H,25,30)(H,26,28)(H,27,31). The lowest BCUT2D eigenvalue weighted by Gasteiger charge is -2.23. The minimum absolute atomic E-state index is 0.109. The van der Waals surface area contributed by atoms with Gasteiger partial charge in [-0.2, -0.15) is 11.8 Å². The van der Waals surface area contributed by atoms with Crippen molar-refractivity contribution < 1.29 is 19.2 Å². The van der Waals surface area contributed by atoms with Gasteiger partial charge in [0.2, 0.25) is 23.6 Å². The summed E-state index contributed by atoms with van der Waals surface area (Å²) in [5.41, 5.74) is 12.2. The molecule has 0 fully saturated rings. The van der Waals surface area contributed by atoms with Crippen LogP contribution in [0.15, 0.2) is 30.3 Å². The maximum Gasteiger partial charge on any atom is 0.243 e. The topological polar surface area (TPSA) is 156 Å². The highest BCUT2D eigenvalue weighted by Crippen LogP contribution is 2.07. The zero-order valence-electron chi connectivity index (χ0n) is 18.9. The Labute approximate surface area is 193 Å². The van der Waals surface area contributed by atoms with E-state index in [0.717, 1.165) is 5.56 Å². The van der Waals surface area contributed by atoms with E-state index in [1.807, 2.05) is 50.4 Å². The van der Waals surface area contributed by atoms with Crippen LogP contribution in [0.5, 0.6) is 0 Å². The van der Waals surface area contributed by atoms with Gasteiger partial charge in [0.1, 0.15) is 12.1 Å². The van der Waals surface area contributed by atoms with Crippen molar-refractivity contribution in [2.24, 2.45) is 17.4 Å². The van der Waals surface area contributed by atoms with E-state index in [4.69, 9.17) is 11.5 Å². The zero-order chi connectivity index (χ0) is 24.1. The molecule has 0 saturated heterocycles. The maximum absolute atomic E-state index is 12.7. The second-order valence-corrected chi connectivity index (χ2v) is 8.99. The number of carbonyl (C=O) groups excluding carboxylic acids is 4. The second-order valence-electron chi connectivity index (χ2n) is 8.01. The predicted octanol–water partition coefficient (Wildman–Crippen LogP) is -0.0733. The third kappa shape index (κ3) is 10.6. The Kier molecular flexibility index (Phi) is 12.4. The van der Waals surface area contributed by atoms with E-state index in [1.54, 1.807) is 0 Å². The molecule has 7 N–H and O–H groups in total. The van der Waals surface area contributed by atoms with Crippen molar-refractivity contribution in [2.75, 3.05) is 18.6 Å². The molecule has 4 amide bonds. The van der Waals surface area contributed by atoms with Gasteiger partial charge in [-0.1, -0.05) is 44.2 Å². The largest absolute Gasteiger partial charge is 0.368 e. The molecule has 0 radical (unpaired) electrons. The lowest BCUT2D eigenvalue weighted by atomic mass is 10.0. The average Bonchev–Trinajstić information content (AvgIpc) is 2.74. The first-order chi connectivity index (χ1) is 15.1. The Bertz CT molecular complexity index is 760. The van der Waals surface area contributed by atoms with Crippen molar-refractivity contribution in [1.82, 2.24) is 16.0 Å². The predicted molar refractivity (Wildman–Crippen MR) is 127 cm³/mol. The summed E-state index contributed by atoms with van der Waals surface area (Å²) in [5.74, 6) is -1.32. The number of nitrogens with two attached hydrogens (primary N) is 2. The van der Waals surface area contributed by atoms with Crippen LogP contribution in [0.25, 0.3) is 0 Å².